The third kappa shape index (κ3) is 4.94. The summed E-state index contributed by atoms with van der Waals surface area (Å²) in [7, 11) is -1.36. The fourth-order valence-corrected chi connectivity index (χ4v) is 3.18. The van der Waals surface area contributed by atoms with Crippen LogP contribution in [-0.4, -0.2) is 41.1 Å². The van der Waals surface area contributed by atoms with Gasteiger partial charge in [-0.25, -0.2) is 4.39 Å². The SMILES string of the molecule is CB(O)N(BC=O)c1nnc(C(=O)Cl)cc1OC(C)c1c(Cl)ccc(F)c1Cl. The zero-order valence-corrected chi connectivity index (χ0v) is 17.0. The molecule has 0 aliphatic carbocycles. The van der Waals surface area contributed by atoms with Crippen LogP contribution in [0.2, 0.25) is 16.9 Å². The predicted molar refractivity (Wildman–Crippen MR) is 108 cm³/mol. The number of hydrogen-bond donors (Lipinski definition) is 1. The fourth-order valence-electron chi connectivity index (χ4n) is 2.41. The van der Waals surface area contributed by atoms with Gasteiger partial charge in [-0.1, -0.05) is 23.2 Å². The van der Waals surface area contributed by atoms with Gasteiger partial charge in [0.1, 0.15) is 23.8 Å². The molecule has 0 aliphatic heterocycles. The van der Waals surface area contributed by atoms with Crippen molar-refractivity contribution in [3.8, 4) is 5.75 Å². The van der Waals surface area contributed by atoms with Gasteiger partial charge in [-0.3, -0.25) is 4.79 Å². The van der Waals surface area contributed by atoms with E-state index in [1.54, 1.807) is 6.92 Å². The molecule has 1 heterocycles. The Labute approximate surface area is 176 Å². The van der Waals surface area contributed by atoms with E-state index in [9.17, 15) is 19.0 Å². The summed E-state index contributed by atoms with van der Waals surface area (Å²) in [5.41, 5.74) is -0.0514. The molecule has 0 fully saturated rings. The zero-order valence-electron chi connectivity index (χ0n) is 14.7. The molecular weight excluding hydrogens is 433 g/mol. The van der Waals surface area contributed by atoms with Crippen molar-refractivity contribution < 1.29 is 23.7 Å². The second kappa shape index (κ2) is 9.56. The van der Waals surface area contributed by atoms with Crippen molar-refractivity contribution in [1.29, 1.82) is 0 Å². The molecule has 1 atom stereocenters. The van der Waals surface area contributed by atoms with Crippen molar-refractivity contribution in [2.24, 2.45) is 0 Å². The van der Waals surface area contributed by atoms with Crippen molar-refractivity contribution >= 4 is 66.5 Å². The maximum absolute atomic E-state index is 13.8. The molecule has 0 bridgehead atoms. The number of nitrogens with zero attached hydrogens (tertiary/aromatic N) is 3. The number of aromatic nitrogens is 2. The average Bonchev–Trinajstić information content (AvgIpc) is 2.63. The molecule has 146 valence electrons. The summed E-state index contributed by atoms with van der Waals surface area (Å²) in [4.78, 5) is 22.4. The van der Waals surface area contributed by atoms with Crippen molar-refractivity contribution in [3.63, 3.8) is 0 Å². The molecule has 1 aromatic heterocycles. The first-order valence-corrected chi connectivity index (χ1v) is 9.06. The summed E-state index contributed by atoms with van der Waals surface area (Å²) in [6, 6.07) is 3.63. The normalized spacial score (nSPS) is 11.5. The molecule has 1 aromatic carbocycles. The number of hydrogen-bond acceptors (Lipinski definition) is 7. The van der Waals surface area contributed by atoms with Gasteiger partial charge in [-0.2, -0.15) is 0 Å². The van der Waals surface area contributed by atoms with E-state index in [2.05, 4.69) is 10.2 Å². The predicted octanol–water partition coefficient (Wildman–Crippen LogP) is 2.90. The maximum Gasteiger partial charge on any atom is 0.397 e. The highest BCUT2D eigenvalue weighted by Crippen LogP contribution is 2.37. The highest BCUT2D eigenvalue weighted by atomic mass is 35.5. The summed E-state index contributed by atoms with van der Waals surface area (Å²) in [5, 5.41) is 16.5. The minimum atomic E-state index is -1.13. The Balaban J connectivity index is 2.53. The average molecular weight is 446 g/mol. The van der Waals surface area contributed by atoms with Crippen molar-refractivity contribution in [3.05, 3.63) is 45.3 Å². The summed E-state index contributed by atoms with van der Waals surface area (Å²) in [5.74, 6) is -0.752. The van der Waals surface area contributed by atoms with E-state index >= 15 is 0 Å². The molecule has 0 saturated carbocycles. The summed E-state index contributed by atoms with van der Waals surface area (Å²) in [6.45, 7) is 2.95. The number of carbonyl (C=O) groups is 2. The largest absolute Gasteiger partial charge is 0.482 e. The molecule has 0 saturated heterocycles. The minimum Gasteiger partial charge on any atom is -0.482 e. The first kappa shape index (κ1) is 22.4. The molecule has 1 unspecified atom stereocenters. The van der Waals surface area contributed by atoms with Crippen LogP contribution < -0.4 is 9.46 Å². The molecule has 0 radical (unpaired) electrons. The van der Waals surface area contributed by atoms with Crippen LogP contribution in [0.25, 0.3) is 0 Å². The number of benzene rings is 1. The van der Waals surface area contributed by atoms with Gasteiger partial charge >= 0.3 is 14.5 Å². The molecule has 7 nitrogen and oxygen atoms in total. The van der Waals surface area contributed by atoms with Gasteiger partial charge in [0.15, 0.2) is 11.6 Å². The lowest BCUT2D eigenvalue weighted by Crippen LogP contribution is -2.42. The van der Waals surface area contributed by atoms with Crippen LogP contribution in [0.5, 0.6) is 5.75 Å². The number of halogens is 4. The highest BCUT2D eigenvalue weighted by molar-refractivity contribution is 6.82. The Hall–Kier alpha value is -1.87. The molecule has 2 aromatic rings. The van der Waals surface area contributed by atoms with Gasteiger partial charge in [0.25, 0.3) is 5.24 Å². The van der Waals surface area contributed by atoms with E-state index in [1.807, 2.05) is 0 Å². The standard InChI is InChI=1S/C15H13B2Cl3FN3O4/c1-7(12-8(18)3-4-9(21)13(12)19)28-11-5-10(14(20)26)22-23-15(11)24(16-6-25)17(2)27/h3-7,16,27H,1-2H3. The van der Waals surface area contributed by atoms with Crippen LogP contribution in [0.3, 0.4) is 0 Å². The lowest BCUT2D eigenvalue weighted by atomic mass is 9.73. The number of carbonyl (C=O) groups excluding carboxylic acids is 2. The summed E-state index contributed by atoms with van der Waals surface area (Å²) in [6.07, 6.45) is -0.341. The molecule has 2 rings (SSSR count). The first-order chi connectivity index (χ1) is 13.2. The van der Waals surface area contributed by atoms with Crippen molar-refractivity contribution in [2.75, 3.05) is 4.72 Å². The highest BCUT2D eigenvalue weighted by Gasteiger charge is 2.26. The third-order valence-corrected chi connectivity index (χ3v) is 4.63. The Morgan fingerprint density at radius 2 is 2.11 bits per heavy atom. The second-order valence-electron chi connectivity index (χ2n) is 5.66. The number of anilines is 1. The van der Waals surface area contributed by atoms with E-state index in [4.69, 9.17) is 39.5 Å². The minimum absolute atomic E-state index is 0.0285. The second-order valence-corrected chi connectivity index (χ2v) is 6.79. The topological polar surface area (TPSA) is 92.6 Å². The van der Waals surface area contributed by atoms with E-state index in [0.717, 1.165) is 6.07 Å². The Bertz CT molecular complexity index is 907. The fraction of sp³-hybridized carbons (Fsp3) is 0.200. The molecule has 0 amide bonds. The number of ether oxygens (including phenoxy) is 1. The molecule has 0 aliphatic rings. The van der Waals surface area contributed by atoms with Crippen LogP contribution in [0.1, 0.15) is 29.1 Å². The van der Waals surface area contributed by atoms with Gasteiger partial charge in [0.2, 0.25) is 0 Å². The van der Waals surface area contributed by atoms with Gasteiger partial charge < -0.3 is 19.3 Å². The number of rotatable bonds is 8. The quantitative estimate of drug-likeness (QED) is 0.289. The lowest BCUT2D eigenvalue weighted by molar-refractivity contribution is 0.107. The Morgan fingerprint density at radius 3 is 2.68 bits per heavy atom. The van der Waals surface area contributed by atoms with E-state index in [-0.39, 0.29) is 40.3 Å². The van der Waals surface area contributed by atoms with Crippen molar-refractivity contribution in [1.82, 2.24) is 10.2 Å². The van der Waals surface area contributed by atoms with Gasteiger partial charge in [-0.15, -0.1) is 10.2 Å². The summed E-state index contributed by atoms with van der Waals surface area (Å²) >= 11 is 17.6. The van der Waals surface area contributed by atoms with E-state index in [1.165, 1.54) is 23.7 Å². The molecule has 1 N–H and O–H groups in total. The third-order valence-electron chi connectivity index (χ3n) is 3.73. The van der Waals surface area contributed by atoms with Gasteiger partial charge in [0.05, 0.1) is 5.02 Å². The van der Waals surface area contributed by atoms with Crippen LogP contribution in [0.4, 0.5) is 10.2 Å². The van der Waals surface area contributed by atoms with Crippen LogP contribution in [0.15, 0.2) is 18.2 Å². The Morgan fingerprint density at radius 1 is 1.43 bits per heavy atom. The van der Waals surface area contributed by atoms with E-state index in [0.29, 0.717) is 6.19 Å². The molecule has 13 heteroatoms. The summed E-state index contributed by atoms with van der Waals surface area (Å²) < 4.78 is 20.8. The van der Waals surface area contributed by atoms with Crippen LogP contribution >= 0.6 is 34.8 Å². The van der Waals surface area contributed by atoms with Gasteiger partial charge in [-0.05, 0) is 37.5 Å². The first-order valence-electron chi connectivity index (χ1n) is 7.93. The van der Waals surface area contributed by atoms with E-state index < -0.39 is 24.2 Å². The molecule has 0 spiro atoms. The maximum atomic E-state index is 13.8. The molecular formula is C15H13B2Cl3FN3O4. The Kier molecular flexibility index (Phi) is 7.65. The zero-order chi connectivity index (χ0) is 21.0. The van der Waals surface area contributed by atoms with Gasteiger partial charge in [0, 0.05) is 16.7 Å². The molecule has 28 heavy (non-hydrogen) atoms. The monoisotopic (exact) mass is 445 g/mol. The smallest absolute Gasteiger partial charge is 0.397 e. The van der Waals surface area contributed by atoms with Crippen molar-refractivity contribution in [2.45, 2.75) is 19.9 Å². The van der Waals surface area contributed by atoms with Crippen LogP contribution in [-0.2, 0) is 4.79 Å². The van der Waals surface area contributed by atoms with Crippen LogP contribution in [0, 0.1) is 5.82 Å². The lowest BCUT2D eigenvalue weighted by Gasteiger charge is -2.26.